The number of ether oxygens (including phenoxy) is 1. The smallest absolute Gasteiger partial charge is 0.336 e. The standard InChI is InChI=1S/C20H20ClN3O4/c1-13-6-7-17-16(10-13)19(26)24(15-5-3-4-14(21)11-15)20(27)23(17)12-18(25)22-8-9-28-2/h3-7,10-11H,8-9,12H2,1-2H3,(H,22,25). The largest absolute Gasteiger partial charge is 0.383 e. The molecule has 1 aromatic heterocycles. The second kappa shape index (κ2) is 8.41. The lowest BCUT2D eigenvalue weighted by Gasteiger charge is -2.15. The Kier molecular flexibility index (Phi) is 5.96. The Balaban J connectivity index is 2.21. The summed E-state index contributed by atoms with van der Waals surface area (Å²) in [4.78, 5) is 38.5. The number of hydrogen-bond acceptors (Lipinski definition) is 4. The molecule has 0 radical (unpaired) electrons. The molecule has 0 aliphatic carbocycles. The molecule has 1 amide bonds. The number of aryl methyl sites for hydroxylation is 1. The van der Waals surface area contributed by atoms with Crippen molar-refractivity contribution in [2.24, 2.45) is 0 Å². The number of hydrogen-bond donors (Lipinski definition) is 1. The van der Waals surface area contributed by atoms with E-state index in [9.17, 15) is 14.4 Å². The molecule has 1 N–H and O–H groups in total. The van der Waals surface area contributed by atoms with Gasteiger partial charge in [-0.2, -0.15) is 0 Å². The quantitative estimate of drug-likeness (QED) is 0.639. The van der Waals surface area contributed by atoms with E-state index in [4.69, 9.17) is 16.3 Å². The molecule has 28 heavy (non-hydrogen) atoms. The first-order valence-corrected chi connectivity index (χ1v) is 9.08. The minimum atomic E-state index is -0.606. The van der Waals surface area contributed by atoms with Gasteiger partial charge in [0.05, 0.1) is 23.2 Å². The summed E-state index contributed by atoms with van der Waals surface area (Å²) in [6.45, 7) is 2.33. The Morgan fingerprint density at radius 2 is 1.96 bits per heavy atom. The molecule has 0 saturated heterocycles. The minimum absolute atomic E-state index is 0.219. The summed E-state index contributed by atoms with van der Waals surface area (Å²) >= 11 is 6.04. The number of aromatic nitrogens is 2. The Hall–Kier alpha value is -2.90. The minimum Gasteiger partial charge on any atom is -0.383 e. The van der Waals surface area contributed by atoms with Crippen molar-refractivity contribution in [1.82, 2.24) is 14.5 Å². The Morgan fingerprint density at radius 3 is 2.68 bits per heavy atom. The van der Waals surface area contributed by atoms with E-state index < -0.39 is 11.2 Å². The molecule has 0 spiro atoms. The summed E-state index contributed by atoms with van der Waals surface area (Å²) in [5, 5.41) is 3.44. The summed E-state index contributed by atoms with van der Waals surface area (Å²) in [6.07, 6.45) is 0. The van der Waals surface area contributed by atoms with Crippen LogP contribution in [0.3, 0.4) is 0 Å². The number of fused-ring (bicyclic) bond motifs is 1. The van der Waals surface area contributed by atoms with Gasteiger partial charge in [-0.15, -0.1) is 0 Å². The van der Waals surface area contributed by atoms with Gasteiger partial charge < -0.3 is 10.1 Å². The monoisotopic (exact) mass is 401 g/mol. The fourth-order valence-electron chi connectivity index (χ4n) is 2.98. The van der Waals surface area contributed by atoms with Crippen LogP contribution < -0.4 is 16.6 Å². The van der Waals surface area contributed by atoms with Gasteiger partial charge in [0.25, 0.3) is 5.56 Å². The number of amides is 1. The number of halogens is 1. The van der Waals surface area contributed by atoms with Crippen LogP contribution in [0.5, 0.6) is 0 Å². The number of carbonyl (C=O) groups excluding carboxylic acids is 1. The van der Waals surface area contributed by atoms with Crippen LogP contribution in [0.1, 0.15) is 5.56 Å². The Bertz CT molecular complexity index is 1150. The van der Waals surface area contributed by atoms with Gasteiger partial charge in [0.2, 0.25) is 5.91 Å². The zero-order valence-electron chi connectivity index (χ0n) is 15.6. The van der Waals surface area contributed by atoms with E-state index in [1.54, 1.807) is 36.4 Å². The molecule has 8 heteroatoms. The van der Waals surface area contributed by atoms with Gasteiger partial charge in [-0.05, 0) is 37.3 Å². The topological polar surface area (TPSA) is 82.3 Å². The first kappa shape index (κ1) is 19.9. The molecule has 146 valence electrons. The lowest BCUT2D eigenvalue weighted by Crippen LogP contribution is -2.42. The van der Waals surface area contributed by atoms with Crippen molar-refractivity contribution >= 4 is 28.4 Å². The van der Waals surface area contributed by atoms with Crippen molar-refractivity contribution in [3.63, 3.8) is 0 Å². The maximum Gasteiger partial charge on any atom is 0.336 e. The zero-order chi connectivity index (χ0) is 20.3. The highest BCUT2D eigenvalue weighted by Gasteiger charge is 2.17. The van der Waals surface area contributed by atoms with Crippen LogP contribution in [0.4, 0.5) is 0 Å². The molecule has 0 unspecified atom stereocenters. The lowest BCUT2D eigenvalue weighted by molar-refractivity contribution is -0.121. The summed E-state index contributed by atoms with van der Waals surface area (Å²) in [6, 6.07) is 11.7. The SMILES string of the molecule is COCCNC(=O)Cn1c(=O)n(-c2cccc(Cl)c2)c(=O)c2cc(C)ccc21. The number of rotatable bonds is 6. The third-order valence-electron chi connectivity index (χ3n) is 4.30. The van der Waals surface area contributed by atoms with Crippen LogP contribution in [0.2, 0.25) is 5.02 Å². The molecular weight excluding hydrogens is 382 g/mol. The summed E-state index contributed by atoms with van der Waals surface area (Å²) in [5.74, 6) is -0.350. The fourth-order valence-corrected chi connectivity index (χ4v) is 3.16. The molecule has 7 nitrogen and oxygen atoms in total. The third-order valence-corrected chi connectivity index (χ3v) is 4.53. The summed E-state index contributed by atoms with van der Waals surface area (Å²) in [5.41, 5.74) is 0.560. The molecule has 0 aliphatic heterocycles. The third kappa shape index (κ3) is 4.00. The normalized spacial score (nSPS) is 11.0. The van der Waals surface area contributed by atoms with Crippen molar-refractivity contribution < 1.29 is 9.53 Å². The van der Waals surface area contributed by atoms with Gasteiger partial charge in [0.15, 0.2) is 0 Å². The van der Waals surface area contributed by atoms with Crippen molar-refractivity contribution in [2.45, 2.75) is 13.5 Å². The van der Waals surface area contributed by atoms with E-state index in [-0.39, 0.29) is 12.5 Å². The van der Waals surface area contributed by atoms with E-state index in [1.807, 2.05) is 6.92 Å². The van der Waals surface area contributed by atoms with Crippen LogP contribution in [0, 0.1) is 6.92 Å². The number of nitrogens with one attached hydrogen (secondary N) is 1. The molecule has 1 heterocycles. The molecule has 0 aliphatic rings. The predicted octanol–water partition coefficient (Wildman–Crippen LogP) is 1.88. The average molecular weight is 402 g/mol. The number of benzene rings is 2. The maximum atomic E-state index is 13.1. The second-order valence-electron chi connectivity index (χ2n) is 6.35. The number of nitrogens with zero attached hydrogens (tertiary/aromatic N) is 2. The van der Waals surface area contributed by atoms with Crippen LogP contribution in [0.15, 0.2) is 52.1 Å². The molecule has 0 fully saturated rings. The molecular formula is C20H20ClN3O4. The maximum absolute atomic E-state index is 13.1. The highest BCUT2D eigenvalue weighted by atomic mass is 35.5. The highest BCUT2D eigenvalue weighted by Crippen LogP contribution is 2.15. The van der Waals surface area contributed by atoms with Gasteiger partial charge >= 0.3 is 5.69 Å². The van der Waals surface area contributed by atoms with Crippen LogP contribution in [-0.4, -0.2) is 35.3 Å². The Morgan fingerprint density at radius 1 is 1.18 bits per heavy atom. The van der Waals surface area contributed by atoms with E-state index in [0.29, 0.717) is 34.8 Å². The van der Waals surface area contributed by atoms with Crippen LogP contribution in [-0.2, 0) is 16.1 Å². The molecule has 3 aromatic rings. The van der Waals surface area contributed by atoms with E-state index in [1.165, 1.54) is 17.7 Å². The molecule has 0 saturated carbocycles. The first-order valence-electron chi connectivity index (χ1n) is 8.70. The summed E-state index contributed by atoms with van der Waals surface area (Å²) in [7, 11) is 1.54. The first-order chi connectivity index (χ1) is 13.4. The average Bonchev–Trinajstić information content (AvgIpc) is 2.66. The van der Waals surface area contributed by atoms with E-state index in [2.05, 4.69) is 5.32 Å². The van der Waals surface area contributed by atoms with Gasteiger partial charge in [0.1, 0.15) is 6.54 Å². The van der Waals surface area contributed by atoms with Crippen LogP contribution in [0.25, 0.3) is 16.6 Å². The molecule has 0 atom stereocenters. The Labute approximate surface area is 166 Å². The molecule has 0 bridgehead atoms. The number of carbonyl (C=O) groups is 1. The lowest BCUT2D eigenvalue weighted by atomic mass is 10.1. The van der Waals surface area contributed by atoms with Crippen molar-refractivity contribution in [3.8, 4) is 5.69 Å². The zero-order valence-corrected chi connectivity index (χ0v) is 16.3. The number of methoxy groups -OCH3 is 1. The van der Waals surface area contributed by atoms with Gasteiger partial charge in [-0.1, -0.05) is 29.3 Å². The second-order valence-corrected chi connectivity index (χ2v) is 6.79. The van der Waals surface area contributed by atoms with Crippen molar-refractivity contribution in [1.29, 1.82) is 0 Å². The summed E-state index contributed by atoms with van der Waals surface area (Å²) < 4.78 is 7.24. The van der Waals surface area contributed by atoms with E-state index >= 15 is 0 Å². The molecule has 3 rings (SSSR count). The van der Waals surface area contributed by atoms with Crippen LogP contribution >= 0.6 is 11.6 Å². The van der Waals surface area contributed by atoms with Gasteiger partial charge in [0, 0.05) is 18.7 Å². The van der Waals surface area contributed by atoms with Crippen molar-refractivity contribution in [3.05, 3.63) is 73.9 Å². The fraction of sp³-hybridized carbons (Fsp3) is 0.250. The van der Waals surface area contributed by atoms with Gasteiger partial charge in [-0.25, -0.2) is 9.36 Å². The van der Waals surface area contributed by atoms with E-state index in [0.717, 1.165) is 10.1 Å². The predicted molar refractivity (Wildman–Crippen MR) is 108 cm³/mol. The molecule has 2 aromatic carbocycles. The highest BCUT2D eigenvalue weighted by molar-refractivity contribution is 6.30. The van der Waals surface area contributed by atoms with Gasteiger partial charge in [-0.3, -0.25) is 14.2 Å². The van der Waals surface area contributed by atoms with Crippen molar-refractivity contribution in [2.75, 3.05) is 20.3 Å².